The number of hydrogen-bond acceptors (Lipinski definition) is 3. The summed E-state index contributed by atoms with van der Waals surface area (Å²) in [5.74, 6) is -0.405. The van der Waals surface area contributed by atoms with Crippen molar-refractivity contribution < 1.29 is 12.3 Å². The standard InChI is InChI=1S/C11H13FN2O2S/c1-2-7-14-10-6-4-3-5-9(10)13-11(14)8-17(12,15)16/h3-6H,2,7-8H2,1H3. The van der Waals surface area contributed by atoms with E-state index in [0.717, 1.165) is 11.9 Å². The highest BCUT2D eigenvalue weighted by atomic mass is 32.3. The summed E-state index contributed by atoms with van der Waals surface area (Å²) < 4.78 is 35.9. The van der Waals surface area contributed by atoms with Crippen LogP contribution < -0.4 is 0 Å². The van der Waals surface area contributed by atoms with E-state index in [1.807, 2.05) is 25.1 Å². The van der Waals surface area contributed by atoms with Gasteiger partial charge in [0, 0.05) is 6.54 Å². The Morgan fingerprint density at radius 3 is 2.71 bits per heavy atom. The Morgan fingerprint density at radius 2 is 2.06 bits per heavy atom. The van der Waals surface area contributed by atoms with Gasteiger partial charge in [-0.15, -0.1) is 3.89 Å². The van der Waals surface area contributed by atoms with Crippen molar-refractivity contribution in [3.63, 3.8) is 0 Å². The van der Waals surface area contributed by atoms with Crippen molar-refractivity contribution in [1.29, 1.82) is 0 Å². The van der Waals surface area contributed by atoms with Crippen LogP contribution in [0.4, 0.5) is 3.89 Å². The molecule has 4 nitrogen and oxygen atoms in total. The second-order valence-corrected chi connectivity index (χ2v) is 5.22. The van der Waals surface area contributed by atoms with Gasteiger partial charge in [-0.05, 0) is 18.6 Å². The van der Waals surface area contributed by atoms with E-state index >= 15 is 0 Å². The van der Waals surface area contributed by atoms with Crippen LogP contribution in [0, 0.1) is 0 Å². The van der Waals surface area contributed by atoms with E-state index in [1.54, 1.807) is 10.6 Å². The van der Waals surface area contributed by atoms with Crippen molar-refractivity contribution in [2.75, 3.05) is 0 Å². The molecule has 2 aromatic rings. The zero-order chi connectivity index (χ0) is 12.5. The lowest BCUT2D eigenvalue weighted by molar-refractivity contribution is 0.546. The smallest absolute Gasteiger partial charge is 0.309 e. The van der Waals surface area contributed by atoms with Crippen molar-refractivity contribution >= 4 is 21.3 Å². The third kappa shape index (κ3) is 2.63. The molecule has 17 heavy (non-hydrogen) atoms. The largest absolute Gasteiger partial charge is 0.327 e. The Morgan fingerprint density at radius 1 is 1.35 bits per heavy atom. The summed E-state index contributed by atoms with van der Waals surface area (Å²) in [5, 5.41) is 0. The van der Waals surface area contributed by atoms with E-state index in [0.29, 0.717) is 12.1 Å². The summed E-state index contributed by atoms with van der Waals surface area (Å²) in [7, 11) is -4.55. The summed E-state index contributed by atoms with van der Waals surface area (Å²) in [4.78, 5) is 4.16. The molecule has 0 unspecified atom stereocenters. The monoisotopic (exact) mass is 256 g/mol. The maximum atomic E-state index is 12.7. The molecule has 0 saturated carbocycles. The molecule has 0 spiro atoms. The first kappa shape index (κ1) is 12.0. The Balaban J connectivity index is 2.57. The summed E-state index contributed by atoms with van der Waals surface area (Å²) >= 11 is 0. The normalized spacial score (nSPS) is 12.1. The minimum atomic E-state index is -4.55. The molecule has 0 saturated heterocycles. The fourth-order valence-electron chi connectivity index (χ4n) is 1.86. The van der Waals surface area contributed by atoms with Crippen molar-refractivity contribution in [2.45, 2.75) is 25.6 Å². The number of fused-ring (bicyclic) bond motifs is 1. The summed E-state index contributed by atoms with van der Waals surface area (Å²) in [6, 6.07) is 7.31. The third-order valence-corrected chi connectivity index (χ3v) is 3.09. The molecule has 1 heterocycles. The van der Waals surface area contributed by atoms with Gasteiger partial charge in [0.05, 0.1) is 11.0 Å². The summed E-state index contributed by atoms with van der Waals surface area (Å²) in [5.41, 5.74) is 1.53. The van der Waals surface area contributed by atoms with Gasteiger partial charge in [0.1, 0.15) is 11.6 Å². The van der Waals surface area contributed by atoms with Crippen LogP contribution in [0.5, 0.6) is 0 Å². The molecule has 1 aromatic heterocycles. The molecule has 2 rings (SSSR count). The van der Waals surface area contributed by atoms with Crippen LogP contribution in [0.2, 0.25) is 0 Å². The first-order valence-electron chi connectivity index (χ1n) is 5.37. The van der Waals surface area contributed by atoms with Crippen LogP contribution in [0.25, 0.3) is 11.0 Å². The van der Waals surface area contributed by atoms with Crippen molar-refractivity contribution in [1.82, 2.24) is 9.55 Å². The highest BCUT2D eigenvalue weighted by Crippen LogP contribution is 2.18. The molecule has 92 valence electrons. The molecule has 0 aliphatic rings. The van der Waals surface area contributed by atoms with E-state index in [4.69, 9.17) is 0 Å². The molecule has 0 aliphatic carbocycles. The van der Waals surface area contributed by atoms with E-state index < -0.39 is 16.0 Å². The SMILES string of the molecule is CCCn1c(CS(=O)(=O)F)nc2ccccc21. The topological polar surface area (TPSA) is 52.0 Å². The first-order chi connectivity index (χ1) is 8.01. The molecule has 0 amide bonds. The van der Waals surface area contributed by atoms with Crippen LogP contribution in [0.1, 0.15) is 19.2 Å². The molecule has 6 heteroatoms. The number of rotatable bonds is 4. The van der Waals surface area contributed by atoms with Crippen molar-refractivity contribution in [2.24, 2.45) is 0 Å². The van der Waals surface area contributed by atoms with Crippen LogP contribution in [0.15, 0.2) is 24.3 Å². The molecule has 0 N–H and O–H groups in total. The quantitative estimate of drug-likeness (QED) is 0.788. The van der Waals surface area contributed by atoms with Gasteiger partial charge in [-0.25, -0.2) is 4.98 Å². The second kappa shape index (κ2) is 4.44. The van der Waals surface area contributed by atoms with Gasteiger partial charge < -0.3 is 4.57 Å². The Hall–Kier alpha value is -1.43. The molecular formula is C11H13FN2O2S. The number of nitrogens with zero attached hydrogens (tertiary/aromatic N) is 2. The molecule has 0 bridgehead atoms. The maximum Gasteiger partial charge on any atom is 0.309 e. The average Bonchev–Trinajstić information content (AvgIpc) is 2.55. The van der Waals surface area contributed by atoms with Crippen LogP contribution in [-0.2, 0) is 22.5 Å². The Bertz CT molecular complexity index is 634. The zero-order valence-electron chi connectivity index (χ0n) is 9.43. The number of halogens is 1. The van der Waals surface area contributed by atoms with Gasteiger partial charge in [0.15, 0.2) is 0 Å². The number of benzene rings is 1. The number of imidazole rings is 1. The number of aromatic nitrogens is 2. The van der Waals surface area contributed by atoms with Crippen LogP contribution in [-0.4, -0.2) is 18.0 Å². The maximum absolute atomic E-state index is 12.7. The lowest BCUT2D eigenvalue weighted by Crippen LogP contribution is -2.07. The molecular weight excluding hydrogens is 243 g/mol. The Labute approximate surface area is 99.3 Å². The van der Waals surface area contributed by atoms with Crippen molar-refractivity contribution in [3.05, 3.63) is 30.1 Å². The van der Waals surface area contributed by atoms with Gasteiger partial charge in [-0.2, -0.15) is 8.42 Å². The predicted octanol–water partition coefficient (Wildman–Crippen LogP) is 2.25. The third-order valence-electron chi connectivity index (χ3n) is 2.48. The number of para-hydroxylation sites is 2. The van der Waals surface area contributed by atoms with Gasteiger partial charge in [-0.1, -0.05) is 19.1 Å². The van der Waals surface area contributed by atoms with Gasteiger partial charge >= 0.3 is 10.2 Å². The first-order valence-corrected chi connectivity index (χ1v) is 6.93. The molecule has 0 fully saturated rings. The zero-order valence-corrected chi connectivity index (χ0v) is 10.2. The van der Waals surface area contributed by atoms with E-state index in [2.05, 4.69) is 4.98 Å². The molecule has 1 aromatic carbocycles. The summed E-state index contributed by atoms with van der Waals surface area (Å²) in [6.45, 7) is 2.61. The lowest BCUT2D eigenvalue weighted by Gasteiger charge is -2.05. The second-order valence-electron chi connectivity index (χ2n) is 3.85. The minimum Gasteiger partial charge on any atom is -0.327 e. The highest BCUT2D eigenvalue weighted by molar-refractivity contribution is 7.85. The highest BCUT2D eigenvalue weighted by Gasteiger charge is 2.16. The van der Waals surface area contributed by atoms with E-state index in [-0.39, 0.29) is 5.82 Å². The molecule has 0 aliphatic heterocycles. The van der Waals surface area contributed by atoms with E-state index in [1.165, 1.54) is 0 Å². The molecule has 0 radical (unpaired) electrons. The van der Waals surface area contributed by atoms with E-state index in [9.17, 15) is 12.3 Å². The number of aryl methyl sites for hydroxylation is 1. The van der Waals surface area contributed by atoms with Gasteiger partial charge in [0.2, 0.25) is 0 Å². The fraction of sp³-hybridized carbons (Fsp3) is 0.364. The van der Waals surface area contributed by atoms with Gasteiger partial charge in [-0.3, -0.25) is 0 Å². The molecule has 0 atom stereocenters. The van der Waals surface area contributed by atoms with Crippen LogP contribution >= 0.6 is 0 Å². The van der Waals surface area contributed by atoms with Gasteiger partial charge in [0.25, 0.3) is 0 Å². The number of hydrogen-bond donors (Lipinski definition) is 0. The van der Waals surface area contributed by atoms with Crippen LogP contribution in [0.3, 0.4) is 0 Å². The fourth-order valence-corrected chi connectivity index (χ4v) is 2.39. The predicted molar refractivity (Wildman–Crippen MR) is 63.8 cm³/mol. The Kier molecular flexibility index (Phi) is 3.15. The minimum absolute atomic E-state index is 0.260. The average molecular weight is 256 g/mol. The summed E-state index contributed by atoms with van der Waals surface area (Å²) in [6.07, 6.45) is 0.833. The lowest BCUT2D eigenvalue weighted by atomic mass is 10.3. The van der Waals surface area contributed by atoms with Crippen molar-refractivity contribution in [3.8, 4) is 0 Å².